The van der Waals surface area contributed by atoms with E-state index in [0.29, 0.717) is 12.2 Å². The fourth-order valence-electron chi connectivity index (χ4n) is 5.10. The molecule has 0 spiro atoms. The van der Waals surface area contributed by atoms with Crippen LogP contribution in [0.2, 0.25) is 0 Å². The summed E-state index contributed by atoms with van der Waals surface area (Å²) in [5.74, 6) is -0.544. The monoisotopic (exact) mass is 625 g/mol. The number of hydrogen-bond acceptors (Lipinski definition) is 4. The largest absolute Gasteiger partial charge is 0.354 e. The number of amides is 2. The first-order valence-corrected chi connectivity index (χ1v) is 16.7. The molecule has 1 atom stereocenters. The number of sulfonamides is 1. The predicted octanol–water partition coefficient (Wildman–Crippen LogP) is 6.22. The van der Waals surface area contributed by atoms with Gasteiger partial charge in [-0.25, -0.2) is 8.42 Å². The minimum atomic E-state index is -4.14. The number of carbonyl (C=O) groups is 2. The molecular formula is C37H43N3O4S. The summed E-state index contributed by atoms with van der Waals surface area (Å²) in [6.45, 7) is 9.87. The van der Waals surface area contributed by atoms with E-state index in [2.05, 4.69) is 5.32 Å². The van der Waals surface area contributed by atoms with Gasteiger partial charge in [0.25, 0.3) is 10.0 Å². The fraction of sp³-hybridized carbons (Fsp3) is 0.297. The molecule has 0 radical (unpaired) electrons. The van der Waals surface area contributed by atoms with Gasteiger partial charge in [-0.2, -0.15) is 0 Å². The highest BCUT2D eigenvalue weighted by Crippen LogP contribution is 2.26. The van der Waals surface area contributed by atoms with E-state index in [9.17, 15) is 18.0 Å². The Labute approximate surface area is 268 Å². The molecule has 0 fully saturated rings. The molecule has 0 unspecified atom stereocenters. The van der Waals surface area contributed by atoms with Crippen molar-refractivity contribution in [2.75, 3.05) is 17.4 Å². The van der Waals surface area contributed by atoms with Gasteiger partial charge in [-0.15, -0.1) is 0 Å². The summed E-state index contributed by atoms with van der Waals surface area (Å²) in [6, 6.07) is 30.1. The summed E-state index contributed by atoms with van der Waals surface area (Å²) >= 11 is 0. The van der Waals surface area contributed by atoms with Gasteiger partial charge in [0.2, 0.25) is 11.8 Å². The predicted molar refractivity (Wildman–Crippen MR) is 180 cm³/mol. The van der Waals surface area contributed by atoms with Crippen LogP contribution in [0.5, 0.6) is 0 Å². The molecule has 0 bridgehead atoms. The number of rotatable bonds is 13. The maximum atomic E-state index is 14.6. The van der Waals surface area contributed by atoms with Gasteiger partial charge in [-0.3, -0.25) is 13.9 Å². The van der Waals surface area contributed by atoms with E-state index in [4.69, 9.17) is 0 Å². The third kappa shape index (κ3) is 8.82. The molecule has 0 saturated heterocycles. The van der Waals surface area contributed by atoms with Crippen molar-refractivity contribution >= 4 is 27.5 Å². The summed E-state index contributed by atoms with van der Waals surface area (Å²) in [6.07, 6.45) is 0.275. The molecule has 0 saturated carbocycles. The maximum Gasteiger partial charge on any atom is 0.264 e. The van der Waals surface area contributed by atoms with Gasteiger partial charge >= 0.3 is 0 Å². The van der Waals surface area contributed by atoms with Crippen molar-refractivity contribution < 1.29 is 18.0 Å². The quantitative estimate of drug-likeness (QED) is 0.191. The van der Waals surface area contributed by atoms with Gasteiger partial charge < -0.3 is 10.2 Å². The summed E-state index contributed by atoms with van der Waals surface area (Å²) in [5, 5.41) is 3.03. The average Bonchev–Trinajstić information content (AvgIpc) is 3.01. The number of carbonyl (C=O) groups excluding carboxylic acids is 2. The second-order valence-corrected chi connectivity index (χ2v) is 13.8. The number of nitrogens with one attached hydrogen (secondary N) is 1. The third-order valence-corrected chi connectivity index (χ3v) is 9.52. The van der Waals surface area contributed by atoms with E-state index in [1.54, 1.807) is 47.4 Å². The first-order valence-electron chi connectivity index (χ1n) is 15.3. The zero-order valence-electron chi connectivity index (χ0n) is 26.7. The lowest BCUT2D eigenvalue weighted by Crippen LogP contribution is -2.53. The molecule has 0 aliphatic carbocycles. The van der Waals surface area contributed by atoms with Crippen molar-refractivity contribution in [3.8, 4) is 0 Å². The van der Waals surface area contributed by atoms with Crippen molar-refractivity contribution in [1.82, 2.24) is 10.2 Å². The van der Waals surface area contributed by atoms with Gasteiger partial charge in [0, 0.05) is 19.5 Å². The highest BCUT2D eigenvalue weighted by molar-refractivity contribution is 7.92. The van der Waals surface area contributed by atoms with Crippen molar-refractivity contribution in [3.05, 3.63) is 131 Å². The Morgan fingerprint density at radius 3 is 2.09 bits per heavy atom. The van der Waals surface area contributed by atoms with Crippen LogP contribution in [0.4, 0.5) is 5.69 Å². The number of benzene rings is 4. The molecule has 4 rings (SSSR count). The van der Waals surface area contributed by atoms with Crippen LogP contribution in [0.3, 0.4) is 0 Å². The topological polar surface area (TPSA) is 86.8 Å². The van der Waals surface area contributed by atoms with Crippen LogP contribution in [-0.2, 0) is 32.6 Å². The van der Waals surface area contributed by atoms with Gasteiger partial charge in [0.1, 0.15) is 12.6 Å². The second-order valence-electron chi connectivity index (χ2n) is 12.0. The Kier molecular flexibility index (Phi) is 11.2. The van der Waals surface area contributed by atoms with Crippen molar-refractivity contribution in [2.45, 2.75) is 58.5 Å². The van der Waals surface area contributed by atoms with Crippen LogP contribution in [0.15, 0.2) is 108 Å². The zero-order valence-corrected chi connectivity index (χ0v) is 27.6. The highest BCUT2D eigenvalue weighted by Gasteiger charge is 2.34. The third-order valence-electron chi connectivity index (χ3n) is 7.74. The van der Waals surface area contributed by atoms with Gasteiger partial charge in [0.15, 0.2) is 0 Å². The molecule has 4 aromatic carbocycles. The van der Waals surface area contributed by atoms with Gasteiger partial charge in [-0.1, -0.05) is 98.3 Å². The molecular weight excluding hydrogens is 582 g/mol. The SMILES string of the molecule is Cc1ccc(S(=O)(=O)N(CC(=O)N(Cc2ccccc2C)[C@H](Cc2ccccc2)C(=O)NCC(C)C)c2cccc(C)c2)cc1. The minimum absolute atomic E-state index is 0.0865. The van der Waals surface area contributed by atoms with E-state index in [1.165, 1.54) is 0 Å². The van der Waals surface area contributed by atoms with Gasteiger partial charge in [-0.05, 0) is 73.2 Å². The van der Waals surface area contributed by atoms with Crippen molar-refractivity contribution in [2.24, 2.45) is 5.92 Å². The first kappa shape index (κ1) is 33.5. The molecule has 0 heterocycles. The normalized spacial score (nSPS) is 12.0. The number of anilines is 1. The van der Waals surface area contributed by atoms with E-state index < -0.39 is 28.5 Å². The summed E-state index contributed by atoms with van der Waals surface area (Å²) in [4.78, 5) is 30.1. The summed E-state index contributed by atoms with van der Waals surface area (Å²) in [5.41, 5.74) is 4.91. The molecule has 0 aliphatic heterocycles. The van der Waals surface area contributed by atoms with Crippen molar-refractivity contribution in [3.63, 3.8) is 0 Å². The lowest BCUT2D eigenvalue weighted by atomic mass is 10.0. The molecule has 2 amide bonds. The van der Waals surface area contributed by atoms with E-state index in [1.807, 2.05) is 95.3 Å². The fourth-order valence-corrected chi connectivity index (χ4v) is 6.50. The van der Waals surface area contributed by atoms with Crippen LogP contribution < -0.4 is 9.62 Å². The van der Waals surface area contributed by atoms with E-state index in [-0.39, 0.29) is 29.7 Å². The van der Waals surface area contributed by atoms with Crippen LogP contribution >= 0.6 is 0 Å². The second kappa shape index (κ2) is 15.0. The van der Waals surface area contributed by atoms with Crippen LogP contribution in [0.1, 0.15) is 41.7 Å². The molecule has 45 heavy (non-hydrogen) atoms. The number of nitrogens with zero attached hydrogens (tertiary/aromatic N) is 2. The van der Waals surface area contributed by atoms with Crippen molar-refractivity contribution in [1.29, 1.82) is 0 Å². The van der Waals surface area contributed by atoms with Crippen LogP contribution in [0, 0.1) is 26.7 Å². The molecule has 8 heteroatoms. The first-order chi connectivity index (χ1) is 21.5. The Morgan fingerprint density at radius 2 is 1.44 bits per heavy atom. The van der Waals surface area contributed by atoms with Gasteiger partial charge in [0.05, 0.1) is 10.6 Å². The number of aryl methyl sites for hydroxylation is 3. The highest BCUT2D eigenvalue weighted by atomic mass is 32.2. The molecule has 7 nitrogen and oxygen atoms in total. The Balaban J connectivity index is 1.81. The van der Waals surface area contributed by atoms with E-state index in [0.717, 1.165) is 32.1 Å². The maximum absolute atomic E-state index is 14.6. The molecule has 0 aliphatic rings. The van der Waals surface area contributed by atoms with Crippen LogP contribution in [-0.4, -0.2) is 44.3 Å². The molecule has 0 aromatic heterocycles. The zero-order chi connectivity index (χ0) is 32.6. The molecule has 236 valence electrons. The summed E-state index contributed by atoms with van der Waals surface area (Å²) in [7, 11) is -4.14. The number of hydrogen-bond donors (Lipinski definition) is 1. The molecule has 4 aromatic rings. The average molecular weight is 626 g/mol. The smallest absolute Gasteiger partial charge is 0.264 e. The van der Waals surface area contributed by atoms with E-state index >= 15 is 0 Å². The minimum Gasteiger partial charge on any atom is -0.354 e. The standard InChI is InChI=1S/C37H43N3O4S/c1-27(2)24-38-37(42)35(23-31-14-7-6-8-15-31)39(25-32-16-10-9-13-30(32)5)36(41)26-40(33-17-11-12-29(4)22-33)45(43,44)34-20-18-28(3)19-21-34/h6-22,27,35H,23-26H2,1-5H3,(H,38,42)/t35-/m1/s1. The lowest BCUT2D eigenvalue weighted by Gasteiger charge is -2.34. The Bertz CT molecular complexity index is 1700. The van der Waals surface area contributed by atoms with Crippen LogP contribution in [0.25, 0.3) is 0 Å². The summed E-state index contributed by atoms with van der Waals surface area (Å²) < 4.78 is 29.5. The lowest BCUT2D eigenvalue weighted by molar-refractivity contribution is -0.140. The molecule has 1 N–H and O–H groups in total. The Morgan fingerprint density at radius 1 is 0.778 bits per heavy atom. The Hall–Kier alpha value is -4.43.